The van der Waals surface area contributed by atoms with Gasteiger partial charge in [0.1, 0.15) is 11.9 Å². The zero-order valence-electron chi connectivity index (χ0n) is 16.6. The number of rotatable bonds is 2. The van der Waals surface area contributed by atoms with Crippen LogP contribution >= 0.6 is 11.6 Å². The number of halogens is 2. The molecule has 1 N–H and O–H groups in total. The van der Waals surface area contributed by atoms with Crippen molar-refractivity contribution in [1.82, 2.24) is 14.8 Å². The molecule has 0 amide bonds. The summed E-state index contributed by atoms with van der Waals surface area (Å²) >= 11 is 6.54. The normalized spacial score (nSPS) is 19.9. The first-order valence-corrected chi connectivity index (χ1v) is 10.2. The molecule has 3 aromatic rings. The van der Waals surface area contributed by atoms with Gasteiger partial charge in [-0.1, -0.05) is 43.6 Å². The molecule has 0 saturated carbocycles. The molecular formula is C23H20ClFN4O. The Kier molecular flexibility index (Phi) is 4.29. The van der Waals surface area contributed by atoms with Gasteiger partial charge in [0, 0.05) is 33.8 Å². The molecule has 0 fully saturated rings. The molecular weight excluding hydrogens is 403 g/mol. The summed E-state index contributed by atoms with van der Waals surface area (Å²) < 4.78 is 15.1. The van der Waals surface area contributed by atoms with Crippen LogP contribution in [0.2, 0.25) is 5.02 Å². The first-order chi connectivity index (χ1) is 14.3. The Bertz CT molecular complexity index is 1200. The van der Waals surface area contributed by atoms with Crippen molar-refractivity contribution in [3.63, 3.8) is 0 Å². The lowest BCUT2D eigenvalue weighted by Crippen LogP contribution is -2.36. The van der Waals surface area contributed by atoms with Gasteiger partial charge < -0.3 is 5.32 Å². The predicted molar refractivity (Wildman–Crippen MR) is 114 cm³/mol. The maximum absolute atomic E-state index is 13.4. The van der Waals surface area contributed by atoms with E-state index >= 15 is 0 Å². The van der Waals surface area contributed by atoms with Gasteiger partial charge in [0.05, 0.1) is 0 Å². The van der Waals surface area contributed by atoms with E-state index in [2.05, 4.69) is 29.2 Å². The number of anilines is 1. The van der Waals surface area contributed by atoms with E-state index in [9.17, 15) is 9.18 Å². The molecule has 5 rings (SSSR count). The standard InChI is InChI=1S/C23H20ClFN4O/c1-23(2)11-17-19(18(30)12-23)20(15-5-3-4-6-16(15)24)29-22(26-17)27-21(28-29)13-7-9-14(25)10-8-13/h3-10,20H,11-12H2,1-2H3,(H,26,27,28). The Hall–Kier alpha value is -2.99. The summed E-state index contributed by atoms with van der Waals surface area (Å²) in [6.07, 6.45) is 1.19. The average Bonchev–Trinajstić information content (AvgIpc) is 3.10. The number of benzene rings is 2. The topological polar surface area (TPSA) is 59.8 Å². The Balaban J connectivity index is 1.70. The van der Waals surface area contributed by atoms with Crippen molar-refractivity contribution in [1.29, 1.82) is 0 Å². The molecule has 152 valence electrons. The van der Waals surface area contributed by atoms with Gasteiger partial charge in [0.2, 0.25) is 5.95 Å². The van der Waals surface area contributed by atoms with Gasteiger partial charge in [-0.2, -0.15) is 4.98 Å². The van der Waals surface area contributed by atoms with Crippen LogP contribution in [0.15, 0.2) is 59.8 Å². The fourth-order valence-corrected chi connectivity index (χ4v) is 4.55. The molecule has 0 radical (unpaired) electrons. The Morgan fingerprint density at radius 2 is 1.87 bits per heavy atom. The lowest BCUT2D eigenvalue weighted by atomic mass is 9.73. The lowest BCUT2D eigenvalue weighted by molar-refractivity contribution is -0.118. The van der Waals surface area contributed by atoms with Gasteiger partial charge in [0.15, 0.2) is 11.6 Å². The highest BCUT2D eigenvalue weighted by atomic mass is 35.5. The monoisotopic (exact) mass is 422 g/mol. The molecule has 2 aromatic carbocycles. The number of carbonyl (C=O) groups is 1. The van der Waals surface area contributed by atoms with Gasteiger partial charge in [-0.05, 0) is 42.2 Å². The summed E-state index contributed by atoms with van der Waals surface area (Å²) in [6.45, 7) is 4.17. The summed E-state index contributed by atoms with van der Waals surface area (Å²) in [5, 5.41) is 8.59. The molecule has 2 heterocycles. The van der Waals surface area contributed by atoms with E-state index in [1.54, 1.807) is 16.8 Å². The highest BCUT2D eigenvalue weighted by molar-refractivity contribution is 6.31. The third kappa shape index (κ3) is 3.12. The average molecular weight is 423 g/mol. The second kappa shape index (κ2) is 6.77. The van der Waals surface area contributed by atoms with Crippen LogP contribution in [0.4, 0.5) is 10.3 Å². The van der Waals surface area contributed by atoms with Crippen LogP contribution in [-0.4, -0.2) is 20.5 Å². The summed E-state index contributed by atoms with van der Waals surface area (Å²) in [6, 6.07) is 13.1. The van der Waals surface area contributed by atoms with E-state index in [4.69, 9.17) is 11.6 Å². The first kappa shape index (κ1) is 19.0. The Morgan fingerprint density at radius 1 is 1.13 bits per heavy atom. The predicted octanol–water partition coefficient (Wildman–Crippen LogP) is 5.40. The number of ketones is 1. The Labute approximate surface area is 178 Å². The van der Waals surface area contributed by atoms with Crippen LogP contribution < -0.4 is 5.32 Å². The molecule has 2 aliphatic rings. The quantitative estimate of drug-likeness (QED) is 0.601. The molecule has 1 aliphatic heterocycles. The van der Waals surface area contributed by atoms with Crippen molar-refractivity contribution < 1.29 is 9.18 Å². The first-order valence-electron chi connectivity index (χ1n) is 9.82. The minimum Gasteiger partial charge on any atom is -0.328 e. The molecule has 1 aliphatic carbocycles. The van der Waals surface area contributed by atoms with E-state index < -0.39 is 6.04 Å². The van der Waals surface area contributed by atoms with Gasteiger partial charge in [-0.3, -0.25) is 4.79 Å². The second-order valence-corrected chi connectivity index (χ2v) is 9.00. The SMILES string of the molecule is CC1(C)CC(=O)C2=C(C1)Nc1nc(-c3ccc(F)cc3)nn1C2c1ccccc1Cl. The zero-order chi connectivity index (χ0) is 21.0. The van der Waals surface area contributed by atoms with E-state index in [1.807, 2.05) is 24.3 Å². The Morgan fingerprint density at radius 3 is 2.60 bits per heavy atom. The minimum absolute atomic E-state index is 0.0863. The van der Waals surface area contributed by atoms with E-state index in [1.165, 1.54) is 12.1 Å². The van der Waals surface area contributed by atoms with Crippen molar-refractivity contribution in [3.05, 3.63) is 76.2 Å². The molecule has 7 heteroatoms. The van der Waals surface area contributed by atoms with E-state index in [0.717, 1.165) is 17.7 Å². The van der Waals surface area contributed by atoms with E-state index in [0.29, 0.717) is 34.4 Å². The van der Waals surface area contributed by atoms with Crippen LogP contribution in [-0.2, 0) is 4.79 Å². The zero-order valence-corrected chi connectivity index (χ0v) is 17.4. The van der Waals surface area contributed by atoms with Crippen LogP contribution in [0.25, 0.3) is 11.4 Å². The maximum Gasteiger partial charge on any atom is 0.226 e. The van der Waals surface area contributed by atoms with E-state index in [-0.39, 0.29) is 17.0 Å². The van der Waals surface area contributed by atoms with Crippen LogP contribution in [0.3, 0.4) is 0 Å². The molecule has 0 saturated heterocycles. The van der Waals surface area contributed by atoms with Crippen molar-refractivity contribution in [2.45, 2.75) is 32.7 Å². The molecule has 1 atom stereocenters. The summed E-state index contributed by atoms with van der Waals surface area (Å²) in [7, 11) is 0. The number of hydrogen-bond acceptors (Lipinski definition) is 4. The molecule has 0 spiro atoms. The fraction of sp³-hybridized carbons (Fsp3) is 0.261. The summed E-state index contributed by atoms with van der Waals surface area (Å²) in [5.74, 6) is 0.771. The highest BCUT2D eigenvalue weighted by Crippen LogP contribution is 2.46. The molecule has 5 nitrogen and oxygen atoms in total. The van der Waals surface area contributed by atoms with Gasteiger partial charge in [-0.15, -0.1) is 5.10 Å². The smallest absolute Gasteiger partial charge is 0.226 e. The highest BCUT2D eigenvalue weighted by Gasteiger charge is 2.42. The third-order valence-electron chi connectivity index (χ3n) is 5.63. The van der Waals surface area contributed by atoms with Crippen LogP contribution in [0, 0.1) is 11.2 Å². The molecule has 1 aromatic heterocycles. The van der Waals surface area contributed by atoms with Crippen molar-refractivity contribution in [2.24, 2.45) is 5.41 Å². The molecule has 30 heavy (non-hydrogen) atoms. The maximum atomic E-state index is 13.4. The van der Waals surface area contributed by atoms with Crippen molar-refractivity contribution >= 4 is 23.3 Å². The second-order valence-electron chi connectivity index (χ2n) is 8.59. The lowest BCUT2D eigenvalue weighted by Gasteiger charge is -2.38. The number of allylic oxidation sites excluding steroid dienone is 2. The van der Waals surface area contributed by atoms with Crippen molar-refractivity contribution in [3.8, 4) is 11.4 Å². The third-order valence-corrected chi connectivity index (χ3v) is 5.98. The number of fused-ring (bicyclic) bond motifs is 1. The summed E-state index contributed by atoms with van der Waals surface area (Å²) in [4.78, 5) is 17.9. The number of aromatic nitrogens is 3. The van der Waals surface area contributed by atoms with Gasteiger partial charge in [-0.25, -0.2) is 9.07 Å². The minimum atomic E-state index is -0.463. The number of nitrogens with one attached hydrogen (secondary N) is 1. The number of hydrogen-bond donors (Lipinski definition) is 1. The van der Waals surface area contributed by atoms with Gasteiger partial charge in [0.25, 0.3) is 0 Å². The number of carbonyl (C=O) groups excluding carboxylic acids is 1. The van der Waals surface area contributed by atoms with Crippen LogP contribution in [0.1, 0.15) is 38.3 Å². The van der Waals surface area contributed by atoms with Crippen molar-refractivity contribution in [2.75, 3.05) is 5.32 Å². The number of nitrogens with zero attached hydrogens (tertiary/aromatic N) is 3. The largest absolute Gasteiger partial charge is 0.328 e. The molecule has 1 unspecified atom stereocenters. The number of Topliss-reactive ketones (excluding diaryl/α,β-unsaturated/α-hetero) is 1. The fourth-order valence-electron chi connectivity index (χ4n) is 4.31. The summed E-state index contributed by atoms with van der Waals surface area (Å²) in [5.41, 5.74) is 2.91. The van der Waals surface area contributed by atoms with Crippen LogP contribution in [0.5, 0.6) is 0 Å². The molecule has 0 bridgehead atoms. The van der Waals surface area contributed by atoms with Gasteiger partial charge >= 0.3 is 0 Å².